The average Bonchev–Trinajstić information content (AvgIpc) is 2.31. The van der Waals surface area contributed by atoms with Crippen molar-refractivity contribution in [2.75, 3.05) is 0 Å². The Morgan fingerprint density at radius 1 is 0.947 bits per heavy atom. The molecule has 0 atom stereocenters. The first-order valence-electron chi connectivity index (χ1n) is 5.20. The van der Waals surface area contributed by atoms with Crippen molar-refractivity contribution in [3.63, 3.8) is 0 Å². The summed E-state index contributed by atoms with van der Waals surface area (Å²) in [7, 11) is 0. The third-order valence-electron chi connectivity index (χ3n) is 2.35. The van der Waals surface area contributed by atoms with Crippen molar-refractivity contribution < 1.29 is 27.4 Å². The second-order valence-corrected chi connectivity index (χ2v) is 3.71. The highest BCUT2D eigenvalue weighted by atomic mass is 19.4. The summed E-state index contributed by atoms with van der Waals surface area (Å²) in [5.74, 6) is -1.53. The van der Waals surface area contributed by atoms with Gasteiger partial charge in [-0.25, -0.2) is 4.39 Å². The fourth-order valence-corrected chi connectivity index (χ4v) is 1.62. The van der Waals surface area contributed by atoms with E-state index in [2.05, 4.69) is 4.74 Å². The second-order valence-electron chi connectivity index (χ2n) is 3.71. The number of halogens is 4. The highest BCUT2D eigenvalue weighted by molar-refractivity contribution is 5.72. The van der Waals surface area contributed by atoms with Crippen molar-refractivity contribution >= 4 is 0 Å². The van der Waals surface area contributed by atoms with E-state index in [1.165, 1.54) is 18.2 Å². The molecular weight excluding hydrogens is 264 g/mol. The van der Waals surface area contributed by atoms with Crippen LogP contribution in [-0.4, -0.2) is 11.5 Å². The predicted octanol–water partition coefficient (Wildman–Crippen LogP) is 4.10. The summed E-state index contributed by atoms with van der Waals surface area (Å²) >= 11 is 0. The van der Waals surface area contributed by atoms with Gasteiger partial charge in [-0.3, -0.25) is 0 Å². The third kappa shape index (κ3) is 3.15. The molecule has 19 heavy (non-hydrogen) atoms. The number of phenols is 1. The monoisotopic (exact) mass is 272 g/mol. The largest absolute Gasteiger partial charge is 0.573 e. The van der Waals surface area contributed by atoms with Gasteiger partial charge < -0.3 is 9.84 Å². The molecule has 0 unspecified atom stereocenters. The maximum atomic E-state index is 13.6. The number of alkyl halides is 3. The van der Waals surface area contributed by atoms with Gasteiger partial charge in [-0.1, -0.05) is 18.2 Å². The van der Waals surface area contributed by atoms with Crippen molar-refractivity contribution in [2.45, 2.75) is 6.36 Å². The van der Waals surface area contributed by atoms with Crippen LogP contribution in [0.4, 0.5) is 17.6 Å². The molecule has 6 heteroatoms. The van der Waals surface area contributed by atoms with Gasteiger partial charge in [-0.05, 0) is 24.3 Å². The molecule has 0 radical (unpaired) electrons. The lowest BCUT2D eigenvalue weighted by Gasteiger charge is -2.13. The van der Waals surface area contributed by atoms with Crippen molar-refractivity contribution in [3.8, 4) is 22.6 Å². The van der Waals surface area contributed by atoms with E-state index < -0.39 is 17.9 Å². The van der Waals surface area contributed by atoms with E-state index >= 15 is 0 Å². The minimum atomic E-state index is -4.87. The standard InChI is InChI=1S/C13H8F4O2/c14-11-6-5-8(18)7-10(11)9-3-1-2-4-12(9)19-13(15,16)17/h1-7,18H. The highest BCUT2D eigenvalue weighted by Crippen LogP contribution is 2.36. The van der Waals surface area contributed by atoms with E-state index in [0.717, 1.165) is 24.3 Å². The topological polar surface area (TPSA) is 29.5 Å². The molecule has 1 N–H and O–H groups in total. The van der Waals surface area contributed by atoms with Crippen LogP contribution in [0.25, 0.3) is 11.1 Å². The predicted molar refractivity (Wildman–Crippen MR) is 60.2 cm³/mol. The Kier molecular flexibility index (Phi) is 3.33. The fraction of sp³-hybridized carbons (Fsp3) is 0.0769. The molecule has 2 rings (SSSR count). The number of benzene rings is 2. The smallest absolute Gasteiger partial charge is 0.508 e. The summed E-state index contributed by atoms with van der Waals surface area (Å²) < 4.78 is 54.2. The molecule has 0 bridgehead atoms. The van der Waals surface area contributed by atoms with E-state index in [4.69, 9.17) is 0 Å². The Hall–Kier alpha value is -2.24. The number of hydrogen-bond acceptors (Lipinski definition) is 2. The number of aromatic hydroxyl groups is 1. The summed E-state index contributed by atoms with van der Waals surface area (Å²) in [5, 5.41) is 9.29. The maximum absolute atomic E-state index is 13.6. The Balaban J connectivity index is 2.53. The first-order chi connectivity index (χ1) is 8.87. The van der Waals surface area contributed by atoms with Gasteiger partial charge in [0.25, 0.3) is 0 Å². The van der Waals surface area contributed by atoms with Crippen LogP contribution in [-0.2, 0) is 0 Å². The van der Waals surface area contributed by atoms with Gasteiger partial charge in [0.1, 0.15) is 17.3 Å². The van der Waals surface area contributed by atoms with Crippen LogP contribution < -0.4 is 4.74 Å². The van der Waals surface area contributed by atoms with Crippen LogP contribution in [0.5, 0.6) is 11.5 Å². The summed E-state index contributed by atoms with van der Waals surface area (Å²) in [6.45, 7) is 0. The van der Waals surface area contributed by atoms with E-state index in [1.54, 1.807) is 0 Å². The number of phenolic OH excluding ortho intramolecular Hbond substituents is 1. The lowest BCUT2D eigenvalue weighted by molar-refractivity contribution is -0.274. The molecule has 2 aromatic rings. The van der Waals surface area contributed by atoms with E-state index in [-0.39, 0.29) is 16.9 Å². The van der Waals surface area contributed by atoms with E-state index in [0.29, 0.717) is 0 Å². The Morgan fingerprint density at radius 3 is 2.32 bits per heavy atom. The third-order valence-corrected chi connectivity index (χ3v) is 2.35. The minimum Gasteiger partial charge on any atom is -0.508 e. The van der Waals surface area contributed by atoms with Crippen molar-refractivity contribution in [1.82, 2.24) is 0 Å². The van der Waals surface area contributed by atoms with Crippen LogP contribution >= 0.6 is 0 Å². The second kappa shape index (κ2) is 4.79. The first-order valence-corrected chi connectivity index (χ1v) is 5.20. The minimum absolute atomic E-state index is 0.0896. The Labute approximate surface area is 105 Å². The van der Waals surface area contributed by atoms with Gasteiger partial charge in [0.15, 0.2) is 0 Å². The zero-order valence-corrected chi connectivity index (χ0v) is 9.41. The number of para-hydroxylation sites is 1. The zero-order chi connectivity index (χ0) is 14.0. The Morgan fingerprint density at radius 2 is 1.63 bits per heavy atom. The van der Waals surface area contributed by atoms with Crippen molar-refractivity contribution in [3.05, 3.63) is 48.3 Å². The number of ether oxygens (including phenoxy) is 1. The molecule has 0 aliphatic rings. The lowest BCUT2D eigenvalue weighted by atomic mass is 10.0. The van der Waals surface area contributed by atoms with E-state index in [9.17, 15) is 22.7 Å². The SMILES string of the molecule is Oc1ccc(F)c(-c2ccccc2OC(F)(F)F)c1. The molecule has 0 fully saturated rings. The fourth-order valence-electron chi connectivity index (χ4n) is 1.62. The zero-order valence-electron chi connectivity index (χ0n) is 9.41. The molecule has 0 spiro atoms. The van der Waals surface area contributed by atoms with E-state index in [1.807, 2.05) is 0 Å². The molecule has 0 amide bonds. The number of hydrogen-bond donors (Lipinski definition) is 1. The molecule has 0 aromatic heterocycles. The normalized spacial score (nSPS) is 11.4. The lowest BCUT2D eigenvalue weighted by Crippen LogP contribution is -2.17. The molecule has 0 heterocycles. The van der Waals surface area contributed by atoms with Gasteiger partial charge >= 0.3 is 6.36 Å². The molecule has 0 saturated heterocycles. The van der Waals surface area contributed by atoms with Crippen molar-refractivity contribution in [1.29, 1.82) is 0 Å². The average molecular weight is 272 g/mol. The van der Waals surface area contributed by atoms with Crippen LogP contribution in [0.15, 0.2) is 42.5 Å². The molecule has 2 aromatic carbocycles. The molecule has 2 nitrogen and oxygen atoms in total. The van der Waals surface area contributed by atoms with Gasteiger partial charge in [0.05, 0.1) is 0 Å². The molecule has 0 aliphatic heterocycles. The maximum Gasteiger partial charge on any atom is 0.573 e. The van der Waals surface area contributed by atoms with Gasteiger partial charge in [0, 0.05) is 11.1 Å². The van der Waals surface area contributed by atoms with Crippen LogP contribution in [0.1, 0.15) is 0 Å². The quantitative estimate of drug-likeness (QED) is 0.834. The number of rotatable bonds is 2. The summed E-state index contributed by atoms with van der Waals surface area (Å²) in [6.07, 6.45) is -4.87. The Bertz CT molecular complexity index is 593. The molecule has 100 valence electrons. The van der Waals surface area contributed by atoms with Gasteiger partial charge in [-0.2, -0.15) is 0 Å². The van der Waals surface area contributed by atoms with Gasteiger partial charge in [-0.15, -0.1) is 13.2 Å². The van der Waals surface area contributed by atoms with Crippen molar-refractivity contribution in [2.24, 2.45) is 0 Å². The van der Waals surface area contributed by atoms with Gasteiger partial charge in [0.2, 0.25) is 0 Å². The summed E-state index contributed by atoms with van der Waals surface area (Å²) in [4.78, 5) is 0. The molecule has 0 saturated carbocycles. The highest BCUT2D eigenvalue weighted by Gasteiger charge is 2.32. The first kappa shape index (κ1) is 13.2. The van der Waals surface area contributed by atoms with Crippen LogP contribution in [0, 0.1) is 5.82 Å². The van der Waals surface area contributed by atoms with Crippen LogP contribution in [0.3, 0.4) is 0 Å². The summed E-state index contributed by atoms with van der Waals surface area (Å²) in [6, 6.07) is 8.24. The van der Waals surface area contributed by atoms with Crippen LogP contribution in [0.2, 0.25) is 0 Å². The molecule has 0 aliphatic carbocycles. The summed E-state index contributed by atoms with van der Waals surface area (Å²) in [5.41, 5.74) is -0.256. The molecular formula is C13H8F4O2.